The SMILES string of the molecule is CC(C)C(C)(C)CNCc1ncc[nH]1. The van der Waals surface area contributed by atoms with Gasteiger partial charge in [-0.2, -0.15) is 0 Å². The van der Waals surface area contributed by atoms with E-state index >= 15 is 0 Å². The third kappa shape index (κ3) is 3.14. The zero-order chi connectivity index (χ0) is 10.6. The van der Waals surface area contributed by atoms with Gasteiger partial charge >= 0.3 is 0 Å². The summed E-state index contributed by atoms with van der Waals surface area (Å²) in [5, 5.41) is 3.42. The van der Waals surface area contributed by atoms with Crippen LogP contribution in [0.3, 0.4) is 0 Å². The quantitative estimate of drug-likeness (QED) is 0.756. The van der Waals surface area contributed by atoms with Crippen molar-refractivity contribution in [2.24, 2.45) is 11.3 Å². The standard InChI is InChI=1S/C11H21N3/c1-9(2)11(3,4)8-12-7-10-13-5-6-14-10/h5-6,9,12H,7-8H2,1-4H3,(H,13,14). The minimum absolute atomic E-state index is 0.340. The van der Waals surface area contributed by atoms with Crippen molar-refractivity contribution in [3.63, 3.8) is 0 Å². The molecule has 1 aromatic heterocycles. The minimum atomic E-state index is 0.340. The van der Waals surface area contributed by atoms with Crippen molar-refractivity contribution >= 4 is 0 Å². The molecule has 0 unspecified atom stereocenters. The van der Waals surface area contributed by atoms with Crippen LogP contribution < -0.4 is 5.32 Å². The Kier molecular flexibility index (Phi) is 3.69. The van der Waals surface area contributed by atoms with Crippen molar-refractivity contribution in [1.29, 1.82) is 0 Å². The largest absolute Gasteiger partial charge is 0.348 e. The second kappa shape index (κ2) is 4.60. The molecule has 1 aromatic rings. The summed E-state index contributed by atoms with van der Waals surface area (Å²) in [5.41, 5.74) is 0.340. The highest BCUT2D eigenvalue weighted by Crippen LogP contribution is 2.24. The summed E-state index contributed by atoms with van der Waals surface area (Å²) in [6, 6.07) is 0. The van der Waals surface area contributed by atoms with Gasteiger partial charge in [-0.1, -0.05) is 27.7 Å². The number of imidazole rings is 1. The fourth-order valence-electron chi connectivity index (χ4n) is 1.10. The van der Waals surface area contributed by atoms with Crippen LogP contribution in [0.25, 0.3) is 0 Å². The summed E-state index contributed by atoms with van der Waals surface area (Å²) in [6.45, 7) is 10.9. The van der Waals surface area contributed by atoms with Crippen LogP contribution >= 0.6 is 0 Å². The van der Waals surface area contributed by atoms with Crippen molar-refractivity contribution in [2.75, 3.05) is 6.54 Å². The Morgan fingerprint density at radius 2 is 2.21 bits per heavy atom. The predicted octanol–water partition coefficient (Wildman–Crippen LogP) is 2.18. The van der Waals surface area contributed by atoms with Gasteiger partial charge in [0.2, 0.25) is 0 Å². The molecule has 0 radical (unpaired) electrons. The number of hydrogen-bond donors (Lipinski definition) is 2. The Hall–Kier alpha value is -0.830. The van der Waals surface area contributed by atoms with Crippen LogP contribution in [-0.4, -0.2) is 16.5 Å². The number of nitrogens with zero attached hydrogens (tertiary/aromatic N) is 1. The second-order valence-corrected chi connectivity index (χ2v) is 4.78. The molecule has 0 amide bonds. The summed E-state index contributed by atoms with van der Waals surface area (Å²) in [5.74, 6) is 1.69. The van der Waals surface area contributed by atoms with E-state index in [-0.39, 0.29) is 0 Å². The minimum Gasteiger partial charge on any atom is -0.348 e. The van der Waals surface area contributed by atoms with Gasteiger partial charge in [0.15, 0.2) is 0 Å². The number of aromatic nitrogens is 2. The van der Waals surface area contributed by atoms with E-state index in [0.29, 0.717) is 11.3 Å². The molecule has 80 valence electrons. The van der Waals surface area contributed by atoms with Gasteiger partial charge in [0.1, 0.15) is 5.82 Å². The van der Waals surface area contributed by atoms with Gasteiger partial charge in [-0.25, -0.2) is 4.98 Å². The highest BCUT2D eigenvalue weighted by Gasteiger charge is 2.21. The van der Waals surface area contributed by atoms with Crippen LogP contribution in [0.4, 0.5) is 0 Å². The van der Waals surface area contributed by atoms with Gasteiger partial charge in [0.05, 0.1) is 6.54 Å². The first kappa shape index (κ1) is 11.2. The topological polar surface area (TPSA) is 40.7 Å². The lowest BCUT2D eigenvalue weighted by atomic mass is 9.81. The van der Waals surface area contributed by atoms with Crippen LogP contribution in [0.1, 0.15) is 33.5 Å². The molecule has 3 heteroatoms. The lowest BCUT2D eigenvalue weighted by Gasteiger charge is -2.29. The molecule has 0 aliphatic carbocycles. The molecule has 0 aliphatic rings. The molecule has 0 fully saturated rings. The van der Waals surface area contributed by atoms with Gasteiger partial charge in [-0.15, -0.1) is 0 Å². The molecule has 1 heterocycles. The monoisotopic (exact) mass is 195 g/mol. The highest BCUT2D eigenvalue weighted by molar-refractivity contribution is 4.86. The summed E-state index contributed by atoms with van der Waals surface area (Å²) < 4.78 is 0. The molecule has 0 saturated heterocycles. The number of aromatic amines is 1. The Morgan fingerprint density at radius 1 is 1.50 bits per heavy atom. The second-order valence-electron chi connectivity index (χ2n) is 4.78. The molecule has 0 spiro atoms. The van der Waals surface area contributed by atoms with Crippen molar-refractivity contribution in [3.05, 3.63) is 18.2 Å². The van der Waals surface area contributed by atoms with E-state index in [1.807, 2.05) is 6.20 Å². The average Bonchev–Trinajstić information content (AvgIpc) is 2.56. The number of hydrogen-bond acceptors (Lipinski definition) is 2. The summed E-state index contributed by atoms with van der Waals surface area (Å²) in [4.78, 5) is 7.24. The average molecular weight is 195 g/mol. The Morgan fingerprint density at radius 3 is 2.71 bits per heavy atom. The smallest absolute Gasteiger partial charge is 0.120 e. The number of H-pyrrole nitrogens is 1. The Bertz CT molecular complexity index is 250. The van der Waals surface area contributed by atoms with Crippen LogP contribution in [0.15, 0.2) is 12.4 Å². The zero-order valence-electron chi connectivity index (χ0n) is 9.59. The highest BCUT2D eigenvalue weighted by atomic mass is 15.0. The summed E-state index contributed by atoms with van der Waals surface area (Å²) in [6.07, 6.45) is 3.63. The summed E-state index contributed by atoms with van der Waals surface area (Å²) in [7, 11) is 0. The third-order valence-corrected chi connectivity index (χ3v) is 2.99. The first-order chi connectivity index (χ1) is 6.52. The van der Waals surface area contributed by atoms with Crippen molar-refractivity contribution in [2.45, 2.75) is 34.2 Å². The summed E-state index contributed by atoms with van der Waals surface area (Å²) >= 11 is 0. The molecule has 0 atom stereocenters. The maximum Gasteiger partial charge on any atom is 0.120 e. The first-order valence-electron chi connectivity index (χ1n) is 5.21. The van der Waals surface area contributed by atoms with Gasteiger partial charge in [0.25, 0.3) is 0 Å². The lowest BCUT2D eigenvalue weighted by Crippen LogP contribution is -2.33. The molecule has 3 nitrogen and oxygen atoms in total. The maximum absolute atomic E-state index is 4.16. The van der Waals surface area contributed by atoms with E-state index in [1.165, 1.54) is 0 Å². The van der Waals surface area contributed by atoms with E-state index in [0.717, 1.165) is 18.9 Å². The lowest BCUT2D eigenvalue weighted by molar-refractivity contribution is 0.237. The van der Waals surface area contributed by atoms with Crippen LogP contribution in [0, 0.1) is 11.3 Å². The molecular weight excluding hydrogens is 174 g/mol. The Balaban J connectivity index is 2.28. The fraction of sp³-hybridized carbons (Fsp3) is 0.727. The fourth-order valence-corrected chi connectivity index (χ4v) is 1.10. The van der Waals surface area contributed by atoms with Gasteiger partial charge in [0, 0.05) is 18.9 Å². The third-order valence-electron chi connectivity index (χ3n) is 2.99. The predicted molar refractivity (Wildman–Crippen MR) is 58.9 cm³/mol. The molecule has 0 aliphatic heterocycles. The molecule has 14 heavy (non-hydrogen) atoms. The molecule has 1 rings (SSSR count). The van der Waals surface area contributed by atoms with Crippen LogP contribution in [0.5, 0.6) is 0 Å². The maximum atomic E-state index is 4.16. The number of nitrogens with one attached hydrogen (secondary N) is 2. The molecular formula is C11H21N3. The van der Waals surface area contributed by atoms with Gasteiger partial charge < -0.3 is 10.3 Å². The normalized spacial score (nSPS) is 12.4. The van der Waals surface area contributed by atoms with E-state index < -0.39 is 0 Å². The molecule has 2 N–H and O–H groups in total. The Labute approximate surface area is 86.3 Å². The van der Waals surface area contributed by atoms with Gasteiger partial charge in [-0.3, -0.25) is 0 Å². The first-order valence-corrected chi connectivity index (χ1v) is 5.21. The van der Waals surface area contributed by atoms with E-state index in [2.05, 4.69) is 43.0 Å². The van der Waals surface area contributed by atoms with Crippen LogP contribution in [-0.2, 0) is 6.54 Å². The van der Waals surface area contributed by atoms with Crippen molar-refractivity contribution < 1.29 is 0 Å². The molecule has 0 aromatic carbocycles. The van der Waals surface area contributed by atoms with E-state index in [1.54, 1.807) is 6.20 Å². The van der Waals surface area contributed by atoms with Gasteiger partial charge in [-0.05, 0) is 11.3 Å². The van der Waals surface area contributed by atoms with E-state index in [4.69, 9.17) is 0 Å². The van der Waals surface area contributed by atoms with E-state index in [9.17, 15) is 0 Å². The molecule has 0 saturated carbocycles. The van der Waals surface area contributed by atoms with Crippen molar-refractivity contribution in [1.82, 2.24) is 15.3 Å². The number of rotatable bonds is 5. The van der Waals surface area contributed by atoms with Crippen LogP contribution in [0.2, 0.25) is 0 Å². The zero-order valence-corrected chi connectivity index (χ0v) is 9.59. The van der Waals surface area contributed by atoms with Crippen molar-refractivity contribution in [3.8, 4) is 0 Å². The molecule has 0 bridgehead atoms.